The number of benzene rings is 3. The van der Waals surface area contributed by atoms with Gasteiger partial charge in [0.15, 0.2) is 12.4 Å². The van der Waals surface area contributed by atoms with E-state index in [0.717, 1.165) is 5.39 Å². The summed E-state index contributed by atoms with van der Waals surface area (Å²) in [7, 11) is 5.72. The molecular formula is C53H61N5O14. The van der Waals surface area contributed by atoms with Crippen LogP contribution in [0.5, 0.6) is 11.5 Å². The smallest absolute Gasteiger partial charge is 0.415 e. The second-order valence-corrected chi connectivity index (χ2v) is 20.0. The van der Waals surface area contributed by atoms with Crippen LogP contribution in [0, 0.1) is 21.4 Å². The van der Waals surface area contributed by atoms with Crippen LogP contribution in [-0.2, 0) is 50.6 Å². The van der Waals surface area contributed by atoms with E-state index in [9.17, 15) is 39.5 Å². The molecule has 1 amide bonds. The van der Waals surface area contributed by atoms with E-state index >= 15 is 4.79 Å². The number of aromatic amines is 1. The van der Waals surface area contributed by atoms with Gasteiger partial charge in [0.25, 0.3) is 5.69 Å². The third-order valence-electron chi connectivity index (χ3n) is 16.7. The first kappa shape index (κ1) is 50.1. The number of H-pyrrole nitrogens is 1. The molecule has 9 atom stereocenters. The van der Waals surface area contributed by atoms with Crippen molar-refractivity contribution < 1.29 is 62.8 Å². The van der Waals surface area contributed by atoms with Crippen molar-refractivity contribution in [3.05, 3.63) is 105 Å². The molecule has 1 spiro atoms. The van der Waals surface area contributed by atoms with Gasteiger partial charge in [0.05, 0.1) is 32.3 Å². The molecule has 2 fully saturated rings. The molecule has 1 saturated heterocycles. The highest BCUT2D eigenvalue weighted by Crippen LogP contribution is 2.68. The van der Waals surface area contributed by atoms with Gasteiger partial charge in [-0.1, -0.05) is 44.2 Å². The number of non-ortho nitro benzene ring substituents is 1. The van der Waals surface area contributed by atoms with Crippen LogP contribution >= 0.6 is 0 Å². The van der Waals surface area contributed by atoms with Crippen LogP contribution in [0.2, 0.25) is 0 Å². The first-order chi connectivity index (χ1) is 34.4. The van der Waals surface area contributed by atoms with Crippen LogP contribution < -0.4 is 14.4 Å². The number of aromatic nitrogens is 1. The van der Waals surface area contributed by atoms with Crippen molar-refractivity contribution in [2.75, 3.05) is 59.5 Å². The summed E-state index contributed by atoms with van der Waals surface area (Å²) in [4.78, 5) is 90.7. The summed E-state index contributed by atoms with van der Waals surface area (Å²) in [5.74, 6) is -2.94. The topological polar surface area (TPSA) is 241 Å². The third kappa shape index (κ3) is 7.28. The number of carbonyl (C=O) groups is 5. The molecule has 4 aromatic rings. The van der Waals surface area contributed by atoms with Gasteiger partial charge in [0.2, 0.25) is 5.60 Å². The molecule has 1 aromatic heterocycles. The van der Waals surface area contributed by atoms with Crippen LogP contribution in [0.15, 0.2) is 72.8 Å². The van der Waals surface area contributed by atoms with E-state index in [1.165, 1.54) is 57.4 Å². The molecule has 0 bridgehead atoms. The minimum absolute atomic E-state index is 0.00443. The van der Waals surface area contributed by atoms with Crippen molar-refractivity contribution in [3.63, 3.8) is 0 Å². The van der Waals surface area contributed by atoms with Crippen LogP contribution in [0.4, 0.5) is 16.2 Å². The Bertz CT molecular complexity index is 2890. The molecule has 382 valence electrons. The van der Waals surface area contributed by atoms with Gasteiger partial charge >= 0.3 is 24.0 Å². The number of fused-ring (bicyclic) bond motifs is 4. The highest BCUT2D eigenvalue weighted by Gasteiger charge is 2.80. The summed E-state index contributed by atoms with van der Waals surface area (Å²) in [5.41, 5.74) is -5.21. The number of rotatable bonds is 12. The quantitative estimate of drug-likeness (QED) is 0.0408. The lowest BCUT2D eigenvalue weighted by Crippen LogP contribution is -2.81. The van der Waals surface area contributed by atoms with E-state index in [1.807, 2.05) is 54.3 Å². The fraction of sp³-hybridized carbons (Fsp3) is 0.491. The van der Waals surface area contributed by atoms with Crippen molar-refractivity contribution >= 4 is 52.6 Å². The standard InChI is InChI=1S/C53H61N5O14/c1-8-49(64,30-59)27-32-28-52(46(61)69-6,42-36(35-13-10-11-14-39(35)54-42)19-23-57(29-32)48(63)72-34-17-15-33(16-18-34)58(66)67)38-25-37-40(26-41(38)68-5)55(4)44-51(37)21-24-56-22-12-20-50(9-2,43(51)56)45(71-31(3)60)53(44,65)47(62)70-7/h10-18,20,25-26,30,32,43-45,54,64-65H,8-9,19,21-24,27-29H2,1-7H3/t32-,43-,44+,45+,49-,50+,51+,52-,53?/m0/s1. The molecule has 1 saturated carbocycles. The Labute approximate surface area is 416 Å². The number of nitrogens with zero attached hydrogens (tertiary/aromatic N) is 4. The number of anilines is 1. The van der Waals surface area contributed by atoms with Gasteiger partial charge in [0.1, 0.15) is 22.5 Å². The van der Waals surface area contributed by atoms with Crippen LogP contribution in [-0.4, -0.2) is 144 Å². The van der Waals surface area contributed by atoms with E-state index in [2.05, 4.69) is 9.88 Å². The average molecular weight is 992 g/mol. The number of amides is 1. The van der Waals surface area contributed by atoms with Crippen LogP contribution in [0.25, 0.3) is 10.9 Å². The Balaban J connectivity index is 1.31. The summed E-state index contributed by atoms with van der Waals surface area (Å²) >= 11 is 0. The Hall–Kier alpha value is -6.83. The molecular weight excluding hydrogens is 931 g/mol. The Morgan fingerprint density at radius 3 is 2.35 bits per heavy atom. The van der Waals surface area contributed by atoms with Gasteiger partial charge in [-0.3, -0.25) is 24.6 Å². The van der Waals surface area contributed by atoms with E-state index in [-0.39, 0.29) is 56.0 Å². The number of carbonyl (C=O) groups excluding carboxylic acids is 5. The molecule has 4 aliphatic heterocycles. The van der Waals surface area contributed by atoms with Gasteiger partial charge in [-0.2, -0.15) is 0 Å². The molecule has 9 rings (SSSR count). The monoisotopic (exact) mass is 991 g/mol. The fourth-order valence-corrected chi connectivity index (χ4v) is 13.8. The molecule has 3 N–H and O–H groups in total. The largest absolute Gasteiger partial charge is 0.496 e. The molecule has 5 heterocycles. The molecule has 5 aliphatic rings. The zero-order valence-electron chi connectivity index (χ0n) is 41.5. The van der Waals surface area contributed by atoms with Crippen LogP contribution in [0.3, 0.4) is 0 Å². The number of aliphatic hydroxyl groups is 2. The van der Waals surface area contributed by atoms with Gasteiger partial charge in [-0.15, -0.1) is 0 Å². The number of nitro benzene ring substituents is 1. The predicted octanol–water partition coefficient (Wildman–Crippen LogP) is 5.28. The first-order valence-electron chi connectivity index (χ1n) is 24.3. The summed E-state index contributed by atoms with van der Waals surface area (Å²) in [6, 6.07) is 14.8. The fourth-order valence-electron chi connectivity index (χ4n) is 13.8. The molecule has 72 heavy (non-hydrogen) atoms. The van der Waals surface area contributed by atoms with Gasteiger partial charge in [-0.05, 0) is 86.4 Å². The summed E-state index contributed by atoms with van der Waals surface area (Å²) in [5, 5.41) is 37.5. The average Bonchev–Trinajstić information content (AvgIpc) is 4.05. The molecule has 19 heteroatoms. The Kier molecular flexibility index (Phi) is 12.8. The number of methoxy groups -OCH3 is 3. The number of esters is 3. The van der Waals surface area contributed by atoms with Gasteiger partial charge < -0.3 is 53.5 Å². The summed E-state index contributed by atoms with van der Waals surface area (Å²) in [6.07, 6.45) is 2.81. The predicted molar refractivity (Wildman–Crippen MR) is 261 cm³/mol. The zero-order valence-corrected chi connectivity index (χ0v) is 41.5. The number of likely N-dealkylation sites (N-methyl/N-ethyl adjacent to an activating group) is 1. The maximum Gasteiger partial charge on any atom is 0.415 e. The number of ether oxygens (including phenoxy) is 5. The highest BCUT2D eigenvalue weighted by molar-refractivity contribution is 5.95. The normalized spacial score (nSPS) is 29.2. The SMILES string of the molecule is CC[C@@](O)(C=O)C[C@@H]1CN(C(=O)Oc2ccc([N+](=O)[O-])cc2)CCc2c([nH]c3ccccc23)[C@@](C(=O)OC)(c2cc3c(cc2OC)N(C)[C@H]2C(O)(C(=O)OC)[C@H](OC(C)=O)[C@]4(CC)C=CCN5CC[C@]32[C@@H]54)C1. The number of para-hydroxylation sites is 1. The van der Waals surface area contributed by atoms with Crippen LogP contribution in [0.1, 0.15) is 75.3 Å². The second kappa shape index (κ2) is 18.3. The van der Waals surface area contributed by atoms with E-state index < -0.39 is 80.5 Å². The number of nitro groups is 1. The Morgan fingerprint density at radius 1 is 0.986 bits per heavy atom. The first-order valence-corrected chi connectivity index (χ1v) is 24.3. The minimum atomic E-state index is -2.44. The zero-order chi connectivity index (χ0) is 51.7. The molecule has 3 aromatic carbocycles. The number of hydrogen-bond donors (Lipinski definition) is 3. The van der Waals surface area contributed by atoms with E-state index in [1.54, 1.807) is 20.0 Å². The molecule has 0 radical (unpaired) electrons. The van der Waals surface area contributed by atoms with E-state index in [4.69, 9.17) is 23.7 Å². The maximum absolute atomic E-state index is 15.7. The lowest BCUT2D eigenvalue weighted by molar-refractivity contribution is -0.384. The van der Waals surface area contributed by atoms with Crippen molar-refractivity contribution in [1.82, 2.24) is 14.8 Å². The minimum Gasteiger partial charge on any atom is -0.496 e. The highest BCUT2D eigenvalue weighted by atomic mass is 16.6. The van der Waals surface area contributed by atoms with Crippen molar-refractivity contribution in [1.29, 1.82) is 0 Å². The van der Waals surface area contributed by atoms with E-state index in [0.29, 0.717) is 65.8 Å². The maximum atomic E-state index is 15.7. The molecule has 1 unspecified atom stereocenters. The lowest BCUT2D eigenvalue weighted by atomic mass is 9.47. The number of aldehydes is 1. The number of nitrogens with one attached hydrogen (secondary N) is 1. The second-order valence-electron chi connectivity index (χ2n) is 20.0. The van der Waals surface area contributed by atoms with Crippen molar-refractivity contribution in [3.8, 4) is 11.5 Å². The molecule has 1 aliphatic carbocycles. The summed E-state index contributed by atoms with van der Waals surface area (Å²) < 4.78 is 29.7. The number of hydrogen-bond acceptors (Lipinski definition) is 16. The van der Waals surface area contributed by atoms with Gasteiger partial charge in [-0.25, -0.2) is 9.59 Å². The summed E-state index contributed by atoms with van der Waals surface area (Å²) in [6.45, 7) is 5.84. The third-order valence-corrected chi connectivity index (χ3v) is 16.7. The molecule has 19 nitrogen and oxygen atoms in total. The Morgan fingerprint density at radius 2 is 1.71 bits per heavy atom. The van der Waals surface area contributed by atoms with Crippen molar-refractivity contribution in [2.24, 2.45) is 11.3 Å². The van der Waals surface area contributed by atoms with Gasteiger partial charge in [0, 0.05) is 96.5 Å². The van der Waals surface area contributed by atoms with Crippen molar-refractivity contribution in [2.45, 2.75) is 99.5 Å². The lowest BCUT2D eigenvalue weighted by Gasteiger charge is -2.63.